The van der Waals surface area contributed by atoms with Crippen molar-refractivity contribution in [2.45, 2.75) is 26.4 Å². The van der Waals surface area contributed by atoms with Gasteiger partial charge in [0.15, 0.2) is 0 Å². The molecule has 0 spiro atoms. The predicted molar refractivity (Wildman–Crippen MR) is 81.1 cm³/mol. The molecule has 0 unspecified atom stereocenters. The van der Waals surface area contributed by atoms with E-state index in [4.69, 9.17) is 11.0 Å². The number of nitrogen functional groups attached to an aromatic ring is 1. The smallest absolute Gasteiger partial charge is 0.129 e. The molecular weight excluding hydrogens is 248 g/mol. The lowest BCUT2D eigenvalue weighted by atomic mass is 10.1. The van der Waals surface area contributed by atoms with Crippen molar-refractivity contribution in [2.24, 2.45) is 0 Å². The highest BCUT2D eigenvalue weighted by Gasteiger charge is 2.12. The molecule has 0 saturated carbocycles. The summed E-state index contributed by atoms with van der Waals surface area (Å²) in [6, 6.07) is 13.9. The van der Waals surface area contributed by atoms with Gasteiger partial charge >= 0.3 is 0 Å². The molecule has 0 bridgehead atoms. The van der Waals surface area contributed by atoms with Gasteiger partial charge in [-0.2, -0.15) is 5.26 Å². The van der Waals surface area contributed by atoms with Crippen LogP contribution in [0.2, 0.25) is 0 Å². The second-order valence-corrected chi connectivity index (χ2v) is 4.98. The molecule has 2 aromatic rings. The average Bonchev–Trinajstić information content (AvgIpc) is 2.46. The van der Waals surface area contributed by atoms with Crippen LogP contribution in [0, 0.1) is 11.3 Å². The summed E-state index contributed by atoms with van der Waals surface area (Å²) in [6.07, 6.45) is 1.60. The zero-order chi connectivity index (χ0) is 14.5. The zero-order valence-electron chi connectivity index (χ0n) is 11.7. The number of hydrogen-bond donors (Lipinski definition) is 1. The molecule has 1 aromatic carbocycles. The quantitative estimate of drug-likeness (QED) is 0.864. The van der Waals surface area contributed by atoms with Gasteiger partial charge in [0.25, 0.3) is 0 Å². The summed E-state index contributed by atoms with van der Waals surface area (Å²) in [6.45, 7) is 5.01. The molecule has 1 heterocycles. The van der Waals surface area contributed by atoms with E-state index in [0.717, 1.165) is 18.1 Å². The van der Waals surface area contributed by atoms with Gasteiger partial charge in [-0.3, -0.25) is 0 Å². The summed E-state index contributed by atoms with van der Waals surface area (Å²) < 4.78 is 0. The first kappa shape index (κ1) is 13.9. The van der Waals surface area contributed by atoms with Crippen LogP contribution in [0.4, 0.5) is 11.5 Å². The highest BCUT2D eigenvalue weighted by Crippen LogP contribution is 2.18. The zero-order valence-corrected chi connectivity index (χ0v) is 11.7. The number of pyridine rings is 1. The largest absolute Gasteiger partial charge is 0.399 e. The molecule has 0 saturated heterocycles. The van der Waals surface area contributed by atoms with Gasteiger partial charge in [0.05, 0.1) is 5.56 Å². The molecule has 0 aliphatic carbocycles. The van der Waals surface area contributed by atoms with Crippen molar-refractivity contribution in [3.8, 4) is 6.07 Å². The highest BCUT2D eigenvalue weighted by atomic mass is 15.2. The molecule has 2 N–H and O–H groups in total. The van der Waals surface area contributed by atoms with Crippen LogP contribution in [-0.4, -0.2) is 11.0 Å². The predicted octanol–water partition coefficient (Wildman–Crippen LogP) is 2.95. The van der Waals surface area contributed by atoms with E-state index < -0.39 is 0 Å². The first-order valence-electron chi connectivity index (χ1n) is 6.57. The molecule has 0 atom stereocenters. The van der Waals surface area contributed by atoms with Gasteiger partial charge in [-0.25, -0.2) is 4.98 Å². The standard InChI is InChI=1S/C16H18N4/c1-12(2)20(11-13-3-6-15(18)7-4-13)16-8-5-14(9-17)10-19-16/h3-8,10,12H,11,18H2,1-2H3. The number of anilines is 2. The van der Waals surface area contributed by atoms with Crippen molar-refractivity contribution >= 4 is 11.5 Å². The van der Waals surface area contributed by atoms with Gasteiger partial charge in [0, 0.05) is 24.5 Å². The van der Waals surface area contributed by atoms with E-state index in [0.29, 0.717) is 11.6 Å². The van der Waals surface area contributed by atoms with Crippen LogP contribution in [0.5, 0.6) is 0 Å². The van der Waals surface area contributed by atoms with E-state index in [1.54, 1.807) is 12.3 Å². The van der Waals surface area contributed by atoms with Crippen molar-refractivity contribution < 1.29 is 0 Å². The number of nitrogens with zero attached hydrogens (tertiary/aromatic N) is 3. The Morgan fingerprint density at radius 3 is 2.40 bits per heavy atom. The molecule has 0 amide bonds. The molecule has 0 aliphatic heterocycles. The first-order chi connectivity index (χ1) is 9.60. The first-order valence-corrected chi connectivity index (χ1v) is 6.57. The van der Waals surface area contributed by atoms with E-state index in [1.165, 1.54) is 5.56 Å². The Hall–Kier alpha value is -2.54. The summed E-state index contributed by atoms with van der Waals surface area (Å²) in [4.78, 5) is 6.55. The van der Waals surface area contributed by atoms with E-state index in [-0.39, 0.29) is 0 Å². The highest BCUT2D eigenvalue weighted by molar-refractivity contribution is 5.45. The van der Waals surface area contributed by atoms with Crippen molar-refractivity contribution in [3.63, 3.8) is 0 Å². The third kappa shape index (κ3) is 3.27. The minimum atomic E-state index is 0.313. The van der Waals surface area contributed by atoms with Gasteiger partial charge in [-0.05, 0) is 43.7 Å². The Morgan fingerprint density at radius 1 is 1.20 bits per heavy atom. The third-order valence-corrected chi connectivity index (χ3v) is 3.13. The van der Waals surface area contributed by atoms with Crippen LogP contribution in [0.25, 0.3) is 0 Å². The van der Waals surface area contributed by atoms with Crippen LogP contribution in [-0.2, 0) is 6.54 Å². The second kappa shape index (κ2) is 6.07. The van der Waals surface area contributed by atoms with Crippen LogP contribution in [0.3, 0.4) is 0 Å². The SMILES string of the molecule is CC(C)N(Cc1ccc(N)cc1)c1ccc(C#N)cn1. The number of nitriles is 1. The summed E-state index contributed by atoms with van der Waals surface area (Å²) >= 11 is 0. The molecular formula is C16H18N4. The van der Waals surface area contributed by atoms with Gasteiger partial charge in [-0.15, -0.1) is 0 Å². The van der Waals surface area contributed by atoms with Crippen LogP contribution in [0.1, 0.15) is 25.0 Å². The van der Waals surface area contributed by atoms with E-state index >= 15 is 0 Å². The van der Waals surface area contributed by atoms with E-state index in [1.807, 2.05) is 30.3 Å². The average molecular weight is 266 g/mol. The Kier molecular flexibility index (Phi) is 4.21. The van der Waals surface area contributed by atoms with Gasteiger partial charge in [0.2, 0.25) is 0 Å². The number of rotatable bonds is 4. The number of benzene rings is 1. The molecule has 0 aliphatic rings. The molecule has 4 heteroatoms. The fraction of sp³-hybridized carbons (Fsp3) is 0.250. The summed E-state index contributed by atoms with van der Waals surface area (Å²) in [7, 11) is 0. The van der Waals surface area contributed by atoms with Crippen LogP contribution >= 0.6 is 0 Å². The normalized spacial score (nSPS) is 10.3. The van der Waals surface area contributed by atoms with Crippen molar-refractivity contribution in [3.05, 3.63) is 53.7 Å². The summed E-state index contributed by atoms with van der Waals surface area (Å²) in [5.41, 5.74) is 8.22. The van der Waals surface area contributed by atoms with Crippen LogP contribution in [0.15, 0.2) is 42.6 Å². The van der Waals surface area contributed by atoms with Gasteiger partial charge < -0.3 is 10.6 Å². The molecule has 1 aromatic heterocycles. The lowest BCUT2D eigenvalue weighted by molar-refractivity contribution is 0.672. The maximum absolute atomic E-state index is 8.82. The minimum Gasteiger partial charge on any atom is -0.399 e. The summed E-state index contributed by atoms with van der Waals surface area (Å²) in [5.74, 6) is 0.871. The maximum Gasteiger partial charge on any atom is 0.129 e. The third-order valence-electron chi connectivity index (χ3n) is 3.13. The monoisotopic (exact) mass is 266 g/mol. The maximum atomic E-state index is 8.82. The second-order valence-electron chi connectivity index (χ2n) is 4.98. The van der Waals surface area contributed by atoms with Crippen molar-refractivity contribution in [1.82, 2.24) is 4.98 Å². The Morgan fingerprint density at radius 2 is 1.90 bits per heavy atom. The topological polar surface area (TPSA) is 65.9 Å². The number of nitrogens with two attached hydrogens (primary N) is 1. The fourth-order valence-electron chi connectivity index (χ4n) is 1.97. The molecule has 20 heavy (non-hydrogen) atoms. The van der Waals surface area contributed by atoms with Crippen molar-refractivity contribution in [1.29, 1.82) is 5.26 Å². The molecule has 4 nitrogen and oxygen atoms in total. The lowest BCUT2D eigenvalue weighted by Gasteiger charge is -2.28. The van der Waals surface area contributed by atoms with Gasteiger partial charge in [-0.1, -0.05) is 12.1 Å². The molecule has 0 fully saturated rings. The van der Waals surface area contributed by atoms with Gasteiger partial charge in [0.1, 0.15) is 11.9 Å². The number of hydrogen-bond acceptors (Lipinski definition) is 4. The molecule has 0 radical (unpaired) electrons. The molecule has 102 valence electrons. The fourth-order valence-corrected chi connectivity index (χ4v) is 1.97. The molecule has 2 rings (SSSR count). The van der Waals surface area contributed by atoms with Crippen LogP contribution < -0.4 is 10.6 Å². The van der Waals surface area contributed by atoms with E-state index in [2.05, 4.69) is 29.8 Å². The minimum absolute atomic E-state index is 0.313. The van der Waals surface area contributed by atoms with E-state index in [9.17, 15) is 0 Å². The summed E-state index contributed by atoms with van der Waals surface area (Å²) in [5, 5.41) is 8.82. The Labute approximate surface area is 119 Å². The number of aromatic nitrogens is 1. The Balaban J connectivity index is 2.22. The Bertz CT molecular complexity index is 594. The van der Waals surface area contributed by atoms with Crippen molar-refractivity contribution in [2.75, 3.05) is 10.6 Å². The lowest BCUT2D eigenvalue weighted by Crippen LogP contribution is -2.30.